The molecule has 0 spiro atoms. The number of aromatic amines is 1. The van der Waals surface area contributed by atoms with Gasteiger partial charge < -0.3 is 24.4 Å². The molecule has 1 aliphatic rings. The van der Waals surface area contributed by atoms with Crippen LogP contribution >= 0.6 is 7.60 Å². The van der Waals surface area contributed by atoms with Crippen molar-refractivity contribution in [3.05, 3.63) is 61.4 Å². The fourth-order valence-corrected chi connectivity index (χ4v) is 5.91. The summed E-state index contributed by atoms with van der Waals surface area (Å²) in [6.45, 7) is 6.85. The highest BCUT2D eigenvalue weighted by atomic mass is 31.2. The molecule has 2 heterocycles. The van der Waals surface area contributed by atoms with E-state index >= 15 is 0 Å². The first kappa shape index (κ1) is 26.5. The van der Waals surface area contributed by atoms with Gasteiger partial charge in [0.2, 0.25) is 0 Å². The van der Waals surface area contributed by atoms with Crippen molar-refractivity contribution in [1.82, 2.24) is 9.55 Å². The molecule has 0 aliphatic carbocycles. The van der Waals surface area contributed by atoms with Crippen molar-refractivity contribution in [2.75, 3.05) is 6.61 Å². The fraction of sp³-hybridized carbons (Fsp3) is 0.565. The number of hydrogen-bond donors (Lipinski definition) is 4. The minimum Gasteiger partial charge on any atom is -0.387 e. The molecule has 5 unspecified atom stereocenters. The summed E-state index contributed by atoms with van der Waals surface area (Å²) in [5.74, 6) is 0. The molecule has 0 saturated carbocycles. The van der Waals surface area contributed by atoms with E-state index < -0.39 is 50.0 Å². The molecule has 5 atom stereocenters. The van der Waals surface area contributed by atoms with Crippen LogP contribution in [0, 0.1) is 20.8 Å². The Bertz CT molecular complexity index is 1170. The van der Waals surface area contributed by atoms with Gasteiger partial charge in [0.1, 0.15) is 18.3 Å². The van der Waals surface area contributed by atoms with Crippen LogP contribution in [0.1, 0.15) is 54.7 Å². The van der Waals surface area contributed by atoms with Gasteiger partial charge in [-0.25, -0.2) is 4.79 Å². The lowest BCUT2D eigenvalue weighted by Gasteiger charge is -2.21. The van der Waals surface area contributed by atoms with Gasteiger partial charge in [0.25, 0.3) is 5.56 Å². The molecule has 3 rings (SSSR count). The summed E-state index contributed by atoms with van der Waals surface area (Å²) in [4.78, 5) is 37.3. The number of aliphatic hydroxyl groups is 2. The van der Waals surface area contributed by atoms with Gasteiger partial charge in [-0.2, -0.15) is 0 Å². The van der Waals surface area contributed by atoms with Crippen LogP contribution in [0.2, 0.25) is 0 Å². The number of nitrogens with one attached hydrogen (secondary N) is 1. The maximum absolute atomic E-state index is 13.0. The van der Waals surface area contributed by atoms with E-state index in [1.807, 2.05) is 13.8 Å². The van der Waals surface area contributed by atoms with E-state index in [1.165, 1.54) is 6.20 Å². The maximum atomic E-state index is 13.0. The van der Waals surface area contributed by atoms with Crippen molar-refractivity contribution < 1.29 is 28.9 Å². The van der Waals surface area contributed by atoms with Crippen LogP contribution in [0.15, 0.2) is 27.9 Å². The number of nitrogens with zero attached hydrogens (tertiary/aromatic N) is 1. The lowest BCUT2D eigenvalue weighted by molar-refractivity contribution is -0.0523. The highest BCUT2D eigenvalue weighted by Crippen LogP contribution is 2.44. The van der Waals surface area contributed by atoms with Crippen LogP contribution in [0.4, 0.5) is 0 Å². The van der Waals surface area contributed by atoms with Gasteiger partial charge >= 0.3 is 13.3 Å². The highest BCUT2D eigenvalue weighted by molar-refractivity contribution is 7.61. The molecule has 0 radical (unpaired) electrons. The van der Waals surface area contributed by atoms with Gasteiger partial charge in [-0.15, -0.1) is 0 Å². The number of aryl methyl sites for hydroxylation is 4. The Kier molecular flexibility index (Phi) is 8.34. The fourth-order valence-electron chi connectivity index (χ4n) is 4.41. The van der Waals surface area contributed by atoms with Crippen molar-refractivity contribution in [1.29, 1.82) is 0 Å². The second-order valence-electron chi connectivity index (χ2n) is 8.89. The number of aliphatic hydroxyl groups excluding tert-OH is 2. The molecule has 1 aromatic carbocycles. The summed E-state index contributed by atoms with van der Waals surface area (Å²) in [5.41, 5.74) is 1.22. The topological polar surface area (TPSA) is 151 Å². The van der Waals surface area contributed by atoms with Crippen molar-refractivity contribution >= 4 is 12.9 Å². The largest absolute Gasteiger partial charge is 0.387 e. The van der Waals surface area contributed by atoms with Crippen LogP contribution in [0.3, 0.4) is 0 Å². The Morgan fingerprint density at radius 1 is 1.12 bits per heavy atom. The predicted molar refractivity (Wildman–Crippen MR) is 127 cm³/mol. The predicted octanol–water partition coefficient (Wildman–Crippen LogP) is 1.34. The monoisotopic (exact) mass is 496 g/mol. The molecule has 1 fully saturated rings. The average molecular weight is 496 g/mol. The van der Waals surface area contributed by atoms with E-state index in [4.69, 9.17) is 9.26 Å². The zero-order valence-electron chi connectivity index (χ0n) is 19.9. The summed E-state index contributed by atoms with van der Waals surface area (Å²) in [5, 5.41) is 21.2. The zero-order valence-corrected chi connectivity index (χ0v) is 20.7. The second kappa shape index (κ2) is 10.7. The molecule has 1 saturated heterocycles. The highest BCUT2D eigenvalue weighted by Gasteiger charge is 2.45. The van der Waals surface area contributed by atoms with E-state index in [9.17, 15) is 29.3 Å². The Labute approximate surface area is 197 Å². The Morgan fingerprint density at radius 3 is 2.38 bits per heavy atom. The molecule has 1 aliphatic heterocycles. The first-order chi connectivity index (χ1) is 16.0. The first-order valence-electron chi connectivity index (χ1n) is 11.4. The standard InChI is InChI=1S/C23H33N2O8P/c1-5-6-7-8-16-11-25(23(29)24-21(16)28)22-19(27)18(26)17(33-22)12-32-34(30,31)20-14(3)9-13(2)10-15(20)4/h9-11,17-19,22,26-27H,5-8,12H2,1-4H3,(H,30,31)(H,24,28,29). The number of rotatable bonds is 9. The molecule has 1 aromatic heterocycles. The number of H-pyrrole nitrogens is 1. The molecule has 34 heavy (non-hydrogen) atoms. The molecule has 188 valence electrons. The van der Waals surface area contributed by atoms with Crippen LogP contribution in [0.25, 0.3) is 0 Å². The Hall–Kier alpha value is -2.07. The lowest BCUT2D eigenvalue weighted by Crippen LogP contribution is -2.39. The molecular weight excluding hydrogens is 463 g/mol. The number of benzene rings is 1. The van der Waals surface area contributed by atoms with Gasteiger partial charge in [0.15, 0.2) is 6.23 Å². The van der Waals surface area contributed by atoms with Crippen molar-refractivity contribution in [2.45, 2.75) is 77.9 Å². The normalized spacial score (nSPS) is 24.3. The first-order valence-corrected chi connectivity index (χ1v) is 13.0. The molecular formula is C23H33N2O8P. The number of aromatic nitrogens is 2. The number of ether oxygens (including phenoxy) is 1. The minimum atomic E-state index is -4.26. The third-order valence-corrected chi connectivity index (χ3v) is 7.80. The molecule has 10 nitrogen and oxygen atoms in total. The van der Waals surface area contributed by atoms with E-state index in [0.29, 0.717) is 23.1 Å². The summed E-state index contributed by atoms with van der Waals surface area (Å²) in [7, 11) is -4.26. The van der Waals surface area contributed by atoms with Gasteiger partial charge in [-0.1, -0.05) is 37.5 Å². The van der Waals surface area contributed by atoms with Crippen LogP contribution < -0.4 is 16.6 Å². The van der Waals surface area contributed by atoms with E-state index in [2.05, 4.69) is 4.98 Å². The van der Waals surface area contributed by atoms with Gasteiger partial charge in [0.05, 0.1) is 11.9 Å². The Morgan fingerprint density at radius 2 is 1.76 bits per heavy atom. The zero-order chi connectivity index (χ0) is 25.2. The lowest BCUT2D eigenvalue weighted by atomic mass is 10.1. The SMILES string of the molecule is CCCCCc1cn(C2OC(COP(=O)(O)c3c(C)cc(C)cc3C)C(O)C2O)c(=O)[nH]c1=O. The van der Waals surface area contributed by atoms with Crippen molar-refractivity contribution in [3.8, 4) is 0 Å². The van der Waals surface area contributed by atoms with Crippen LogP contribution in [-0.2, 0) is 20.2 Å². The van der Waals surface area contributed by atoms with E-state index in [0.717, 1.165) is 29.4 Å². The van der Waals surface area contributed by atoms with Gasteiger partial charge in [-0.05, 0) is 44.7 Å². The van der Waals surface area contributed by atoms with Crippen molar-refractivity contribution in [3.63, 3.8) is 0 Å². The smallest absolute Gasteiger partial charge is 0.359 e. The molecule has 0 amide bonds. The minimum absolute atomic E-state index is 0.177. The number of unbranched alkanes of at least 4 members (excludes halogenated alkanes) is 2. The van der Waals surface area contributed by atoms with Crippen molar-refractivity contribution in [2.24, 2.45) is 0 Å². The number of hydrogen-bond acceptors (Lipinski definition) is 7. The average Bonchev–Trinajstić information content (AvgIpc) is 3.01. The summed E-state index contributed by atoms with van der Waals surface area (Å²) in [6, 6.07) is 3.55. The molecule has 2 aromatic rings. The Balaban J connectivity index is 1.78. The van der Waals surface area contributed by atoms with E-state index in [1.54, 1.807) is 26.0 Å². The third-order valence-electron chi connectivity index (χ3n) is 6.03. The maximum Gasteiger partial charge on any atom is 0.359 e. The molecule has 4 N–H and O–H groups in total. The molecule has 11 heteroatoms. The van der Waals surface area contributed by atoms with Gasteiger partial charge in [-0.3, -0.25) is 18.9 Å². The summed E-state index contributed by atoms with van der Waals surface area (Å²) in [6.07, 6.45) is -1.04. The quantitative estimate of drug-likeness (QED) is 0.300. The molecule has 0 bridgehead atoms. The third kappa shape index (κ3) is 5.59. The van der Waals surface area contributed by atoms with E-state index in [-0.39, 0.29) is 5.30 Å². The summed E-state index contributed by atoms with van der Waals surface area (Å²) >= 11 is 0. The van der Waals surface area contributed by atoms with Crippen LogP contribution in [0.5, 0.6) is 0 Å². The second-order valence-corrected chi connectivity index (χ2v) is 10.6. The van der Waals surface area contributed by atoms with Crippen LogP contribution in [-0.4, -0.2) is 49.6 Å². The van der Waals surface area contributed by atoms with Gasteiger partial charge in [0, 0.05) is 11.8 Å². The summed E-state index contributed by atoms with van der Waals surface area (Å²) < 4.78 is 25.0.